The van der Waals surface area contributed by atoms with Crippen molar-refractivity contribution < 1.29 is 19.4 Å². The van der Waals surface area contributed by atoms with E-state index in [9.17, 15) is 15.0 Å². The lowest BCUT2D eigenvalue weighted by molar-refractivity contribution is 0.0938. The van der Waals surface area contributed by atoms with Crippen molar-refractivity contribution in [1.29, 1.82) is 0 Å². The molecule has 190 valence electrons. The second-order valence-electron chi connectivity index (χ2n) is 9.94. The molecule has 2 aromatic carbocycles. The Bertz CT molecular complexity index is 1300. The maximum Gasteiger partial charge on any atom is 0.289 e. The van der Waals surface area contributed by atoms with E-state index in [0.717, 1.165) is 44.7 Å². The molecule has 9 nitrogen and oxygen atoms in total. The number of nitrogens with zero attached hydrogens (tertiary/aromatic N) is 5. The Morgan fingerprint density at radius 2 is 1.78 bits per heavy atom. The second kappa shape index (κ2) is 9.42. The van der Waals surface area contributed by atoms with Gasteiger partial charge in [-0.3, -0.25) is 9.36 Å². The Hall–Kier alpha value is -3.66. The number of aromatic nitrogens is 3. The molecule has 2 fully saturated rings. The van der Waals surface area contributed by atoms with Crippen LogP contribution in [0.4, 0.5) is 10.1 Å². The molecule has 1 aliphatic heterocycles. The van der Waals surface area contributed by atoms with Gasteiger partial charge in [0.2, 0.25) is 5.82 Å². The number of amides is 1. The molecule has 2 aliphatic rings. The molecule has 2 heterocycles. The predicted octanol–water partition coefficient (Wildman–Crippen LogP) is 3.25. The lowest BCUT2D eigenvalue weighted by Crippen LogP contribution is -2.44. The zero-order chi connectivity index (χ0) is 25.6. The molecule has 0 radical (unpaired) electrons. The SMILES string of the molecule is CC(C)c1cc(-c2nnc(C(=O)NC3CC3)n2-c2ccc(N3CCN(C)CC3)cc2F)c(O)cc1O. The number of hydrogen-bond donors (Lipinski definition) is 3. The number of rotatable bonds is 6. The molecular formula is C26H31FN6O3. The first-order chi connectivity index (χ1) is 17.2. The first-order valence-electron chi connectivity index (χ1n) is 12.3. The zero-order valence-corrected chi connectivity index (χ0v) is 20.7. The number of anilines is 1. The van der Waals surface area contributed by atoms with Crippen LogP contribution in [-0.4, -0.2) is 75.1 Å². The van der Waals surface area contributed by atoms with Gasteiger partial charge >= 0.3 is 0 Å². The average molecular weight is 495 g/mol. The number of carbonyl (C=O) groups excluding carboxylic acids is 1. The van der Waals surface area contributed by atoms with E-state index >= 15 is 4.39 Å². The van der Waals surface area contributed by atoms with Gasteiger partial charge in [0, 0.05) is 44.0 Å². The molecule has 1 saturated heterocycles. The van der Waals surface area contributed by atoms with Crippen LogP contribution in [0.3, 0.4) is 0 Å². The normalized spacial score (nSPS) is 16.5. The van der Waals surface area contributed by atoms with Gasteiger partial charge in [-0.2, -0.15) is 0 Å². The Labute approximate surface area is 209 Å². The Balaban J connectivity index is 1.61. The van der Waals surface area contributed by atoms with Gasteiger partial charge in [-0.1, -0.05) is 13.8 Å². The molecule has 1 aliphatic carbocycles. The quantitative estimate of drug-likeness (QED) is 0.483. The number of benzene rings is 2. The molecule has 1 aromatic heterocycles. The van der Waals surface area contributed by atoms with Crippen molar-refractivity contribution in [1.82, 2.24) is 25.0 Å². The molecule has 36 heavy (non-hydrogen) atoms. The van der Waals surface area contributed by atoms with Crippen molar-refractivity contribution in [3.05, 3.63) is 47.5 Å². The summed E-state index contributed by atoms with van der Waals surface area (Å²) in [6, 6.07) is 7.82. The number of phenols is 2. The molecule has 10 heteroatoms. The van der Waals surface area contributed by atoms with Crippen molar-refractivity contribution >= 4 is 11.6 Å². The van der Waals surface area contributed by atoms with Crippen LogP contribution >= 0.6 is 0 Å². The van der Waals surface area contributed by atoms with Gasteiger partial charge in [-0.25, -0.2) is 4.39 Å². The minimum absolute atomic E-state index is 0.0436. The molecule has 3 N–H and O–H groups in total. The lowest BCUT2D eigenvalue weighted by atomic mass is 9.98. The summed E-state index contributed by atoms with van der Waals surface area (Å²) < 4.78 is 17.0. The van der Waals surface area contributed by atoms with Gasteiger partial charge in [-0.15, -0.1) is 10.2 Å². The van der Waals surface area contributed by atoms with Crippen LogP contribution in [0.15, 0.2) is 30.3 Å². The highest BCUT2D eigenvalue weighted by Crippen LogP contribution is 2.38. The summed E-state index contributed by atoms with van der Waals surface area (Å²) in [7, 11) is 2.06. The Morgan fingerprint density at radius 1 is 1.06 bits per heavy atom. The summed E-state index contributed by atoms with van der Waals surface area (Å²) in [5.74, 6) is -1.28. The Kier molecular flexibility index (Phi) is 6.29. The monoisotopic (exact) mass is 494 g/mol. The number of hydrogen-bond acceptors (Lipinski definition) is 7. The van der Waals surface area contributed by atoms with E-state index in [1.807, 2.05) is 19.9 Å². The molecule has 1 amide bonds. The maximum atomic E-state index is 15.7. The third kappa shape index (κ3) is 4.60. The van der Waals surface area contributed by atoms with Crippen molar-refractivity contribution in [3.8, 4) is 28.6 Å². The topological polar surface area (TPSA) is 107 Å². The van der Waals surface area contributed by atoms with Crippen LogP contribution < -0.4 is 10.2 Å². The highest BCUT2D eigenvalue weighted by Gasteiger charge is 2.30. The summed E-state index contributed by atoms with van der Waals surface area (Å²) in [5.41, 5.74) is 1.70. The van der Waals surface area contributed by atoms with Crippen LogP contribution in [0.5, 0.6) is 11.5 Å². The van der Waals surface area contributed by atoms with E-state index in [0.29, 0.717) is 5.56 Å². The van der Waals surface area contributed by atoms with E-state index in [-0.39, 0.29) is 46.4 Å². The molecular weight excluding hydrogens is 463 g/mol. The van der Waals surface area contributed by atoms with Crippen LogP contribution in [-0.2, 0) is 0 Å². The fourth-order valence-corrected chi connectivity index (χ4v) is 4.49. The van der Waals surface area contributed by atoms with Crippen molar-refractivity contribution in [2.24, 2.45) is 0 Å². The number of piperazine rings is 1. The van der Waals surface area contributed by atoms with Crippen molar-refractivity contribution in [2.45, 2.75) is 38.6 Å². The van der Waals surface area contributed by atoms with E-state index in [4.69, 9.17) is 0 Å². The largest absolute Gasteiger partial charge is 0.508 e. The maximum absolute atomic E-state index is 15.7. The smallest absolute Gasteiger partial charge is 0.289 e. The number of phenolic OH excluding ortho intramolecular Hbond substituents is 2. The van der Waals surface area contributed by atoms with Crippen LogP contribution in [0.2, 0.25) is 0 Å². The first-order valence-corrected chi connectivity index (χ1v) is 12.3. The Morgan fingerprint density at radius 3 is 2.42 bits per heavy atom. The molecule has 3 aromatic rings. The lowest BCUT2D eigenvalue weighted by Gasteiger charge is -2.34. The molecule has 5 rings (SSSR count). The second-order valence-corrected chi connectivity index (χ2v) is 9.94. The summed E-state index contributed by atoms with van der Waals surface area (Å²) in [5, 5.41) is 32.2. The van der Waals surface area contributed by atoms with E-state index < -0.39 is 11.7 Å². The number of aromatic hydroxyl groups is 2. The zero-order valence-electron chi connectivity index (χ0n) is 20.7. The molecule has 0 atom stereocenters. The standard InChI is InChI=1S/C26H31FN6O3/c1-15(2)18-13-19(23(35)14-22(18)34)24-29-30-25(26(36)28-16-4-5-16)33(24)21-7-6-17(12-20(21)27)32-10-8-31(3)9-11-32/h6-7,12-16,34-35H,4-5,8-11H2,1-3H3,(H,28,36). The van der Waals surface area contributed by atoms with Gasteiger partial charge in [0.1, 0.15) is 17.3 Å². The van der Waals surface area contributed by atoms with Gasteiger partial charge in [0.25, 0.3) is 5.91 Å². The van der Waals surface area contributed by atoms with E-state index in [2.05, 4.69) is 32.4 Å². The highest BCUT2D eigenvalue weighted by molar-refractivity contribution is 5.92. The van der Waals surface area contributed by atoms with Crippen molar-refractivity contribution in [3.63, 3.8) is 0 Å². The van der Waals surface area contributed by atoms with Gasteiger partial charge in [-0.05, 0) is 55.6 Å². The van der Waals surface area contributed by atoms with Gasteiger partial charge < -0.3 is 25.3 Å². The molecule has 1 saturated carbocycles. The molecule has 0 unspecified atom stereocenters. The fourth-order valence-electron chi connectivity index (χ4n) is 4.49. The summed E-state index contributed by atoms with van der Waals surface area (Å²) in [6.45, 7) is 7.19. The molecule has 0 bridgehead atoms. The fraction of sp³-hybridized carbons (Fsp3) is 0.423. The number of halogens is 1. The third-order valence-corrected chi connectivity index (χ3v) is 6.83. The average Bonchev–Trinajstić information content (AvgIpc) is 3.54. The van der Waals surface area contributed by atoms with Crippen LogP contribution in [0.1, 0.15) is 48.8 Å². The minimum atomic E-state index is -0.532. The number of likely N-dealkylation sites (N-methyl/N-ethyl adjacent to an activating group) is 1. The van der Waals surface area contributed by atoms with Crippen molar-refractivity contribution in [2.75, 3.05) is 38.1 Å². The first kappa shape index (κ1) is 24.1. The highest BCUT2D eigenvalue weighted by atomic mass is 19.1. The molecule has 0 spiro atoms. The predicted molar refractivity (Wildman–Crippen MR) is 134 cm³/mol. The third-order valence-electron chi connectivity index (χ3n) is 6.83. The summed E-state index contributed by atoms with van der Waals surface area (Å²) >= 11 is 0. The van der Waals surface area contributed by atoms with E-state index in [1.54, 1.807) is 12.1 Å². The number of nitrogens with one attached hydrogen (secondary N) is 1. The van der Waals surface area contributed by atoms with E-state index in [1.165, 1.54) is 16.7 Å². The van der Waals surface area contributed by atoms with Gasteiger partial charge in [0.05, 0.1) is 11.3 Å². The summed E-state index contributed by atoms with van der Waals surface area (Å²) in [6.07, 6.45) is 1.77. The number of carbonyl (C=O) groups is 1. The summed E-state index contributed by atoms with van der Waals surface area (Å²) in [4.78, 5) is 17.4. The minimum Gasteiger partial charge on any atom is -0.508 e. The van der Waals surface area contributed by atoms with Gasteiger partial charge in [0.15, 0.2) is 5.82 Å². The van der Waals surface area contributed by atoms with Crippen LogP contribution in [0, 0.1) is 5.82 Å². The van der Waals surface area contributed by atoms with Crippen LogP contribution in [0.25, 0.3) is 17.1 Å².